The molecule has 2 aromatic rings. The third-order valence-corrected chi connectivity index (χ3v) is 6.23. The van der Waals surface area contributed by atoms with Crippen molar-refractivity contribution in [3.63, 3.8) is 0 Å². The van der Waals surface area contributed by atoms with Crippen LogP contribution < -0.4 is 14.8 Å². The maximum atomic E-state index is 12.8. The fraction of sp³-hybridized carbons (Fsp3) is 0.350. The molecule has 0 fully saturated rings. The van der Waals surface area contributed by atoms with Crippen molar-refractivity contribution in [1.82, 2.24) is 4.31 Å². The fourth-order valence-electron chi connectivity index (χ4n) is 3.02. The van der Waals surface area contributed by atoms with Gasteiger partial charge in [0.25, 0.3) is 5.91 Å². The van der Waals surface area contributed by atoms with Crippen molar-refractivity contribution in [3.8, 4) is 11.5 Å². The summed E-state index contributed by atoms with van der Waals surface area (Å²) >= 11 is 0. The number of nitrogens with zero attached hydrogens (tertiary/aromatic N) is 1. The van der Waals surface area contributed by atoms with Gasteiger partial charge in [-0.2, -0.15) is 0 Å². The maximum Gasteiger partial charge on any atom is 0.255 e. The van der Waals surface area contributed by atoms with E-state index in [1.54, 1.807) is 18.2 Å². The molecule has 1 aliphatic heterocycles. The second-order valence-electron chi connectivity index (χ2n) is 6.79. The van der Waals surface area contributed by atoms with Gasteiger partial charge in [0.1, 0.15) is 17.6 Å². The highest BCUT2D eigenvalue weighted by Crippen LogP contribution is 2.38. The first-order chi connectivity index (χ1) is 13.2. The van der Waals surface area contributed by atoms with Gasteiger partial charge in [-0.15, -0.1) is 0 Å². The van der Waals surface area contributed by atoms with Crippen LogP contribution in [0.25, 0.3) is 0 Å². The zero-order valence-corrected chi connectivity index (χ0v) is 17.2. The average Bonchev–Trinajstić information content (AvgIpc) is 3.01. The second-order valence-corrected chi connectivity index (χ2v) is 8.94. The van der Waals surface area contributed by atoms with Crippen LogP contribution >= 0.6 is 0 Å². The summed E-state index contributed by atoms with van der Waals surface area (Å²) < 4.78 is 37.2. The third-order valence-electron chi connectivity index (χ3n) is 4.42. The zero-order chi connectivity index (χ0) is 20.5. The predicted molar refractivity (Wildman–Crippen MR) is 107 cm³/mol. The molecule has 1 unspecified atom stereocenters. The van der Waals surface area contributed by atoms with Crippen LogP contribution in [0.3, 0.4) is 0 Å². The summed E-state index contributed by atoms with van der Waals surface area (Å²) in [5, 5.41) is 2.81. The molecule has 0 spiro atoms. The number of rotatable bonds is 6. The smallest absolute Gasteiger partial charge is 0.255 e. The zero-order valence-electron chi connectivity index (χ0n) is 16.4. The lowest BCUT2D eigenvalue weighted by molar-refractivity contribution is 0.102. The van der Waals surface area contributed by atoms with E-state index in [1.807, 2.05) is 19.9 Å². The standard InChI is InChI=1S/C20H24N2O5S/c1-5-26-19-11-15-9-13(2)27-18(15)12-17(19)21-20(23)14-7-6-8-16(10-14)28(24,25)22(3)4/h6-8,10-13H,5,9H2,1-4H3,(H,21,23). The summed E-state index contributed by atoms with van der Waals surface area (Å²) in [4.78, 5) is 12.8. The van der Waals surface area contributed by atoms with E-state index >= 15 is 0 Å². The van der Waals surface area contributed by atoms with Crippen LogP contribution in [0.5, 0.6) is 11.5 Å². The molecule has 0 aliphatic carbocycles. The van der Waals surface area contributed by atoms with Crippen LogP contribution in [-0.2, 0) is 16.4 Å². The van der Waals surface area contributed by atoms with E-state index < -0.39 is 15.9 Å². The molecular formula is C20H24N2O5S. The van der Waals surface area contributed by atoms with Crippen molar-refractivity contribution < 1.29 is 22.7 Å². The summed E-state index contributed by atoms with van der Waals surface area (Å²) in [5.41, 5.74) is 1.76. The summed E-state index contributed by atoms with van der Waals surface area (Å²) in [5.74, 6) is 0.849. The second kappa shape index (κ2) is 7.81. The van der Waals surface area contributed by atoms with Crippen LogP contribution in [0.1, 0.15) is 29.8 Å². The highest BCUT2D eigenvalue weighted by atomic mass is 32.2. The van der Waals surface area contributed by atoms with Crippen molar-refractivity contribution in [2.24, 2.45) is 0 Å². The predicted octanol–water partition coefficient (Wildman–Crippen LogP) is 2.91. The number of anilines is 1. The number of ether oxygens (including phenoxy) is 2. The number of fused-ring (bicyclic) bond motifs is 1. The Morgan fingerprint density at radius 1 is 1.29 bits per heavy atom. The monoisotopic (exact) mass is 404 g/mol. The number of benzene rings is 2. The number of nitrogens with one attached hydrogen (secondary N) is 1. The average molecular weight is 404 g/mol. The van der Waals surface area contributed by atoms with E-state index in [-0.39, 0.29) is 16.6 Å². The Labute approximate surface area is 165 Å². The lowest BCUT2D eigenvalue weighted by atomic mass is 10.1. The number of amides is 1. The number of carbonyl (C=O) groups excluding carboxylic acids is 1. The Morgan fingerprint density at radius 3 is 2.71 bits per heavy atom. The molecule has 1 amide bonds. The van der Waals surface area contributed by atoms with Crippen molar-refractivity contribution in [3.05, 3.63) is 47.5 Å². The maximum absolute atomic E-state index is 12.8. The molecule has 3 rings (SSSR count). The van der Waals surface area contributed by atoms with E-state index in [9.17, 15) is 13.2 Å². The van der Waals surface area contributed by atoms with Crippen LogP contribution in [0.2, 0.25) is 0 Å². The van der Waals surface area contributed by atoms with Gasteiger partial charge >= 0.3 is 0 Å². The molecule has 0 saturated carbocycles. The summed E-state index contributed by atoms with van der Waals surface area (Å²) in [6, 6.07) is 9.56. The Bertz CT molecular complexity index is 1000. The highest BCUT2D eigenvalue weighted by molar-refractivity contribution is 7.89. The molecule has 0 saturated heterocycles. The molecule has 2 aromatic carbocycles. The SMILES string of the molecule is CCOc1cc2c(cc1NC(=O)c1cccc(S(=O)(=O)N(C)C)c1)OC(C)C2. The van der Waals surface area contributed by atoms with Gasteiger partial charge < -0.3 is 14.8 Å². The van der Waals surface area contributed by atoms with Gasteiger partial charge in [-0.3, -0.25) is 4.79 Å². The minimum absolute atomic E-state index is 0.0568. The number of hydrogen-bond acceptors (Lipinski definition) is 5. The van der Waals surface area contributed by atoms with Gasteiger partial charge in [-0.1, -0.05) is 6.07 Å². The van der Waals surface area contributed by atoms with Crippen molar-refractivity contribution in [2.45, 2.75) is 31.3 Å². The highest BCUT2D eigenvalue weighted by Gasteiger charge is 2.23. The molecule has 0 aromatic heterocycles. The topological polar surface area (TPSA) is 84.9 Å². The van der Waals surface area contributed by atoms with Crippen LogP contribution in [0, 0.1) is 0 Å². The third kappa shape index (κ3) is 3.98. The first-order valence-electron chi connectivity index (χ1n) is 9.02. The number of hydrogen-bond donors (Lipinski definition) is 1. The van der Waals surface area contributed by atoms with Gasteiger partial charge in [0, 0.05) is 37.7 Å². The van der Waals surface area contributed by atoms with E-state index in [1.165, 1.54) is 26.2 Å². The Kier molecular flexibility index (Phi) is 5.62. The van der Waals surface area contributed by atoms with Gasteiger partial charge in [0.2, 0.25) is 10.0 Å². The first kappa shape index (κ1) is 20.2. The summed E-state index contributed by atoms with van der Waals surface area (Å²) in [7, 11) is -0.735. The number of carbonyl (C=O) groups is 1. The Hall–Kier alpha value is -2.58. The van der Waals surface area contributed by atoms with Crippen LogP contribution in [-0.4, -0.2) is 45.4 Å². The largest absolute Gasteiger partial charge is 0.492 e. The lowest BCUT2D eigenvalue weighted by Gasteiger charge is -2.15. The quantitative estimate of drug-likeness (QED) is 0.800. The Balaban J connectivity index is 1.91. The summed E-state index contributed by atoms with van der Waals surface area (Å²) in [6.07, 6.45) is 0.858. The van der Waals surface area contributed by atoms with Gasteiger partial charge in [-0.25, -0.2) is 12.7 Å². The molecule has 0 bridgehead atoms. The molecule has 1 aliphatic rings. The molecule has 1 atom stereocenters. The Morgan fingerprint density at radius 2 is 2.04 bits per heavy atom. The molecule has 28 heavy (non-hydrogen) atoms. The lowest BCUT2D eigenvalue weighted by Crippen LogP contribution is -2.22. The van der Waals surface area contributed by atoms with Crippen molar-refractivity contribution >= 4 is 21.6 Å². The van der Waals surface area contributed by atoms with Gasteiger partial charge in [0.15, 0.2) is 0 Å². The molecular weight excluding hydrogens is 380 g/mol. The molecule has 150 valence electrons. The first-order valence-corrected chi connectivity index (χ1v) is 10.5. The number of sulfonamides is 1. The van der Waals surface area contributed by atoms with E-state index in [0.29, 0.717) is 18.0 Å². The minimum Gasteiger partial charge on any atom is -0.492 e. The van der Waals surface area contributed by atoms with E-state index in [4.69, 9.17) is 9.47 Å². The van der Waals surface area contributed by atoms with Crippen molar-refractivity contribution in [2.75, 3.05) is 26.0 Å². The molecule has 0 radical (unpaired) electrons. The molecule has 7 nitrogen and oxygen atoms in total. The van der Waals surface area contributed by atoms with E-state index in [0.717, 1.165) is 22.0 Å². The molecule has 1 heterocycles. The summed E-state index contributed by atoms with van der Waals surface area (Å²) in [6.45, 7) is 4.30. The fourth-order valence-corrected chi connectivity index (χ4v) is 3.96. The minimum atomic E-state index is -3.63. The van der Waals surface area contributed by atoms with Gasteiger partial charge in [0.05, 0.1) is 17.2 Å². The van der Waals surface area contributed by atoms with E-state index in [2.05, 4.69) is 5.32 Å². The van der Waals surface area contributed by atoms with Crippen molar-refractivity contribution in [1.29, 1.82) is 0 Å². The normalized spacial score (nSPS) is 15.8. The molecule has 1 N–H and O–H groups in total. The van der Waals surface area contributed by atoms with Crippen LogP contribution in [0.15, 0.2) is 41.3 Å². The molecule has 8 heteroatoms. The van der Waals surface area contributed by atoms with Crippen LogP contribution in [0.4, 0.5) is 5.69 Å². The van der Waals surface area contributed by atoms with Gasteiger partial charge in [-0.05, 0) is 38.1 Å².